The average molecular weight is 433 g/mol. The minimum Gasteiger partial charge on any atom is -0.486 e. The van der Waals surface area contributed by atoms with Gasteiger partial charge in [-0.05, 0) is 43.2 Å². The lowest BCUT2D eigenvalue weighted by Crippen LogP contribution is -2.47. The summed E-state index contributed by atoms with van der Waals surface area (Å²) < 4.78 is 55.8. The van der Waals surface area contributed by atoms with Crippen molar-refractivity contribution in [2.24, 2.45) is 11.8 Å². The molecule has 6 nitrogen and oxygen atoms in total. The Morgan fingerprint density at radius 3 is 2.45 bits per heavy atom. The van der Waals surface area contributed by atoms with Crippen LogP contribution in [0.3, 0.4) is 0 Å². The fourth-order valence-electron chi connectivity index (χ4n) is 4.35. The number of pyridine rings is 1. The topological polar surface area (TPSA) is 67.6 Å². The number of nitriles is 1. The molecule has 0 amide bonds. The van der Waals surface area contributed by atoms with Crippen LogP contribution in [-0.4, -0.2) is 38.1 Å². The lowest BCUT2D eigenvalue weighted by Gasteiger charge is -2.38. The largest absolute Gasteiger partial charge is 0.486 e. The summed E-state index contributed by atoms with van der Waals surface area (Å²) in [5.41, 5.74) is -0.286. The molecule has 2 bridgehead atoms. The molecule has 1 aromatic heterocycles. The van der Waals surface area contributed by atoms with Crippen LogP contribution < -0.4 is 14.4 Å². The van der Waals surface area contributed by atoms with Gasteiger partial charge in [0.2, 0.25) is 0 Å². The zero-order chi connectivity index (χ0) is 22.0. The number of nitrogens with zero attached hydrogens (tertiary/aromatic N) is 3. The van der Waals surface area contributed by atoms with Gasteiger partial charge in [-0.25, -0.2) is 4.98 Å². The molecule has 0 spiro atoms. The maximum Gasteiger partial charge on any atom is 0.416 e. The van der Waals surface area contributed by atoms with Crippen LogP contribution in [0.4, 0.5) is 19.0 Å². The molecule has 2 fully saturated rings. The van der Waals surface area contributed by atoms with Crippen LogP contribution in [0.1, 0.15) is 24.0 Å². The summed E-state index contributed by atoms with van der Waals surface area (Å²) >= 11 is 0. The van der Waals surface area contributed by atoms with Gasteiger partial charge >= 0.3 is 6.18 Å². The van der Waals surface area contributed by atoms with Gasteiger partial charge in [-0.3, -0.25) is 0 Å². The number of methoxy groups -OCH3 is 1. The molecule has 0 radical (unpaired) electrons. The quantitative estimate of drug-likeness (QED) is 0.635. The molecular weight excluding hydrogens is 411 g/mol. The number of benzene rings is 1. The van der Waals surface area contributed by atoms with E-state index in [-0.39, 0.29) is 36.2 Å². The van der Waals surface area contributed by atoms with Gasteiger partial charge in [-0.15, -0.1) is 0 Å². The van der Waals surface area contributed by atoms with Crippen molar-refractivity contribution >= 4 is 5.82 Å². The first-order valence-electron chi connectivity index (χ1n) is 10.00. The van der Waals surface area contributed by atoms with Crippen molar-refractivity contribution in [3.05, 3.63) is 47.7 Å². The molecule has 1 aromatic carbocycles. The Balaban J connectivity index is 1.51. The van der Waals surface area contributed by atoms with Gasteiger partial charge in [-0.2, -0.15) is 18.4 Å². The highest BCUT2D eigenvalue weighted by Gasteiger charge is 2.44. The van der Waals surface area contributed by atoms with Crippen molar-refractivity contribution in [3.63, 3.8) is 0 Å². The van der Waals surface area contributed by atoms with E-state index in [4.69, 9.17) is 19.5 Å². The molecule has 1 aliphatic carbocycles. The van der Waals surface area contributed by atoms with E-state index in [1.54, 1.807) is 12.3 Å². The van der Waals surface area contributed by atoms with Crippen LogP contribution in [0.2, 0.25) is 0 Å². The van der Waals surface area contributed by atoms with Crippen molar-refractivity contribution in [1.29, 1.82) is 5.26 Å². The number of anilines is 1. The molecule has 164 valence electrons. The second-order valence-electron chi connectivity index (χ2n) is 7.81. The fourth-order valence-corrected chi connectivity index (χ4v) is 4.35. The van der Waals surface area contributed by atoms with E-state index in [1.165, 1.54) is 13.2 Å². The third-order valence-corrected chi connectivity index (χ3v) is 5.81. The van der Waals surface area contributed by atoms with Gasteiger partial charge in [0.1, 0.15) is 18.0 Å². The van der Waals surface area contributed by atoms with Crippen molar-refractivity contribution in [2.45, 2.75) is 25.1 Å². The molecule has 9 heteroatoms. The van der Waals surface area contributed by atoms with Crippen molar-refractivity contribution in [1.82, 2.24) is 4.98 Å². The van der Waals surface area contributed by atoms with Crippen LogP contribution in [0.15, 0.2) is 36.5 Å². The third kappa shape index (κ3) is 4.54. The summed E-state index contributed by atoms with van der Waals surface area (Å²) in [6.07, 6.45) is -1.09. The van der Waals surface area contributed by atoms with E-state index in [9.17, 15) is 13.2 Å². The predicted octanol–water partition coefficient (Wildman–Crippen LogP) is 4.25. The minimum absolute atomic E-state index is 0.0206. The lowest BCUT2D eigenvalue weighted by molar-refractivity contribution is -0.137. The Morgan fingerprint density at radius 1 is 1.13 bits per heavy atom. The normalized spacial score (nSPS) is 22.8. The summed E-state index contributed by atoms with van der Waals surface area (Å²) in [6.45, 7) is 1.29. The van der Waals surface area contributed by atoms with E-state index in [0.717, 1.165) is 43.9 Å². The molecule has 1 aliphatic heterocycles. The summed E-state index contributed by atoms with van der Waals surface area (Å²) in [5.74, 6) is 1.56. The molecule has 2 heterocycles. The van der Waals surface area contributed by atoms with E-state index < -0.39 is 11.7 Å². The van der Waals surface area contributed by atoms with Crippen LogP contribution in [0.5, 0.6) is 11.5 Å². The average Bonchev–Trinajstić information content (AvgIpc) is 2.99. The number of hydrogen-bond donors (Lipinski definition) is 0. The van der Waals surface area contributed by atoms with Crippen molar-refractivity contribution in [3.8, 4) is 17.6 Å². The van der Waals surface area contributed by atoms with E-state index >= 15 is 0 Å². The standard InChI is InChI=1S/C22H22F3N3O3/c1-29-13-30-19-8-17(22(23,24)25)5-6-18(19)31-21-15-3-4-16(21)12-28(11-15)20-7-2-14(9-26)10-27-20/h2,5-8,10,15-16,21H,3-4,11-13H2,1H3/t15-,16?,21?/m0/s1. The van der Waals surface area contributed by atoms with Gasteiger partial charge in [0, 0.05) is 38.2 Å². The molecule has 1 saturated carbocycles. The van der Waals surface area contributed by atoms with Crippen LogP contribution >= 0.6 is 0 Å². The number of ether oxygens (including phenoxy) is 3. The second kappa shape index (κ2) is 8.63. The zero-order valence-corrected chi connectivity index (χ0v) is 16.9. The molecule has 2 aliphatic rings. The summed E-state index contributed by atoms with van der Waals surface area (Å²) in [4.78, 5) is 6.56. The van der Waals surface area contributed by atoms with E-state index in [1.807, 2.05) is 6.07 Å². The van der Waals surface area contributed by atoms with E-state index in [0.29, 0.717) is 5.56 Å². The number of fused-ring (bicyclic) bond motifs is 2. The maximum atomic E-state index is 13.1. The Labute approximate surface area is 178 Å². The van der Waals surface area contributed by atoms with Crippen LogP contribution in [0.25, 0.3) is 0 Å². The smallest absolute Gasteiger partial charge is 0.416 e. The molecule has 1 saturated heterocycles. The maximum absolute atomic E-state index is 13.1. The Morgan fingerprint density at radius 2 is 1.87 bits per heavy atom. The third-order valence-electron chi connectivity index (χ3n) is 5.81. The first-order valence-corrected chi connectivity index (χ1v) is 10.00. The number of aromatic nitrogens is 1. The summed E-state index contributed by atoms with van der Waals surface area (Å²) in [5, 5.41) is 8.95. The Bertz CT molecular complexity index is 945. The van der Waals surface area contributed by atoms with E-state index in [2.05, 4.69) is 16.0 Å². The first-order chi connectivity index (χ1) is 14.9. The van der Waals surface area contributed by atoms with Crippen molar-refractivity contribution < 1.29 is 27.4 Å². The van der Waals surface area contributed by atoms with Gasteiger partial charge in [0.05, 0.1) is 11.1 Å². The second-order valence-corrected chi connectivity index (χ2v) is 7.81. The molecule has 2 unspecified atom stereocenters. The number of hydrogen-bond acceptors (Lipinski definition) is 6. The fraction of sp³-hybridized carbons (Fsp3) is 0.455. The number of halogens is 3. The predicted molar refractivity (Wildman–Crippen MR) is 106 cm³/mol. The highest BCUT2D eigenvalue weighted by molar-refractivity contribution is 5.45. The molecule has 0 N–H and O–H groups in total. The molecular formula is C22H22F3N3O3. The highest BCUT2D eigenvalue weighted by atomic mass is 19.4. The van der Waals surface area contributed by atoms with Gasteiger partial charge in [-0.1, -0.05) is 0 Å². The van der Waals surface area contributed by atoms with Crippen molar-refractivity contribution in [2.75, 3.05) is 31.9 Å². The summed E-state index contributed by atoms with van der Waals surface area (Å²) in [7, 11) is 1.40. The first kappa shape index (κ1) is 21.2. The van der Waals surface area contributed by atoms with Gasteiger partial charge in [0.15, 0.2) is 18.3 Å². The number of alkyl halides is 3. The van der Waals surface area contributed by atoms with Gasteiger partial charge in [0.25, 0.3) is 0 Å². The number of piperidine rings is 1. The summed E-state index contributed by atoms with van der Waals surface area (Å²) in [6, 6.07) is 8.92. The Kier molecular flexibility index (Phi) is 5.92. The molecule has 3 atom stereocenters. The SMILES string of the molecule is COCOc1cc(C(F)(F)F)ccc1OC1C2CC[C@H]1CN(c1ccc(C#N)cn1)C2. The number of rotatable bonds is 6. The molecule has 2 aromatic rings. The zero-order valence-electron chi connectivity index (χ0n) is 16.9. The van der Waals surface area contributed by atoms with Gasteiger partial charge < -0.3 is 19.1 Å². The minimum atomic E-state index is -4.47. The molecule has 31 heavy (non-hydrogen) atoms. The highest BCUT2D eigenvalue weighted by Crippen LogP contribution is 2.43. The van der Waals surface area contributed by atoms with Crippen LogP contribution in [-0.2, 0) is 10.9 Å². The van der Waals surface area contributed by atoms with Crippen LogP contribution in [0, 0.1) is 23.2 Å². The monoisotopic (exact) mass is 433 g/mol. The molecule has 4 rings (SSSR count). The Hall–Kier alpha value is -2.99. The lowest BCUT2D eigenvalue weighted by atomic mass is 9.94.